The van der Waals surface area contributed by atoms with E-state index >= 15 is 0 Å². The molecule has 0 radical (unpaired) electrons. The zero-order valence-electron chi connectivity index (χ0n) is 47.8. The van der Waals surface area contributed by atoms with Gasteiger partial charge in [-0.05, 0) is 135 Å². The Balaban J connectivity index is 4.45. The number of hydrogen-bond acceptors (Lipinski definition) is 6. The van der Waals surface area contributed by atoms with Crippen molar-refractivity contribution in [2.24, 2.45) is 0 Å². The molecule has 1 unspecified atom stereocenters. The van der Waals surface area contributed by atoms with Crippen molar-refractivity contribution in [3.63, 3.8) is 0 Å². The Morgan fingerprint density at radius 2 is 0.554 bits per heavy atom. The van der Waals surface area contributed by atoms with Gasteiger partial charge in [-0.3, -0.25) is 14.4 Å². The first-order chi connectivity index (χ1) is 36.5. The molecule has 0 N–H and O–H groups in total. The molecule has 0 amide bonds. The molecule has 0 saturated heterocycles. The molecule has 0 aromatic rings. The van der Waals surface area contributed by atoms with Crippen molar-refractivity contribution in [2.75, 3.05) is 13.2 Å². The van der Waals surface area contributed by atoms with Crippen LogP contribution in [0, 0.1) is 0 Å². The van der Waals surface area contributed by atoms with E-state index in [0.717, 1.165) is 148 Å². The quantitative estimate of drug-likeness (QED) is 0.0261. The van der Waals surface area contributed by atoms with Gasteiger partial charge in [0.15, 0.2) is 6.10 Å². The predicted molar refractivity (Wildman–Crippen MR) is 320 cm³/mol. The van der Waals surface area contributed by atoms with E-state index in [1.54, 1.807) is 0 Å². The Hall–Kier alpha value is -4.45. The van der Waals surface area contributed by atoms with Crippen molar-refractivity contribution >= 4 is 17.9 Å². The Kier molecular flexibility index (Phi) is 57.4. The minimum Gasteiger partial charge on any atom is -0.462 e. The van der Waals surface area contributed by atoms with Gasteiger partial charge >= 0.3 is 17.9 Å². The number of ether oxygens (including phenoxy) is 3. The first-order valence-corrected chi connectivity index (χ1v) is 30.2. The molecule has 0 aromatic heterocycles. The first-order valence-electron chi connectivity index (χ1n) is 30.2. The highest BCUT2D eigenvalue weighted by molar-refractivity contribution is 5.71. The molecule has 0 fully saturated rings. The standard InChI is InChI=1S/C68H110O6/c1-4-7-10-13-16-19-22-25-27-29-30-31-32-33-34-35-36-37-38-39-41-43-46-49-52-55-58-61-67(70)73-64-65(63-72-66(69)60-57-54-51-48-45-42-24-21-18-15-12-9-6-3)74-68(71)62-59-56-53-50-47-44-40-28-26-23-20-17-14-11-8-5-2/h7,10,12,15-16,19,21,24-25,27-28,30-31,33-34,36-37,39-41,46,49,65H,4-6,8-9,11,13-14,17-18,20,22-23,26,29,32,35,38,42-45,47-48,50-64H2,1-3H3/b10-7-,15-12-,19-16-,24-21-,27-25-,31-30-,34-33-,37-36-,40-28-,41-39-,49-46-. The summed E-state index contributed by atoms with van der Waals surface area (Å²) in [6.07, 6.45) is 85.9. The highest BCUT2D eigenvalue weighted by Gasteiger charge is 2.19. The molecule has 0 rings (SSSR count). The van der Waals surface area contributed by atoms with Crippen molar-refractivity contribution in [1.82, 2.24) is 0 Å². The van der Waals surface area contributed by atoms with Crippen molar-refractivity contribution < 1.29 is 28.6 Å². The highest BCUT2D eigenvalue weighted by atomic mass is 16.6. The maximum Gasteiger partial charge on any atom is 0.306 e. The number of hydrogen-bond donors (Lipinski definition) is 0. The van der Waals surface area contributed by atoms with Gasteiger partial charge in [0.2, 0.25) is 0 Å². The second kappa shape index (κ2) is 61.1. The number of carbonyl (C=O) groups is 3. The third-order valence-corrected chi connectivity index (χ3v) is 12.3. The lowest BCUT2D eigenvalue weighted by Crippen LogP contribution is -2.30. The van der Waals surface area contributed by atoms with Gasteiger partial charge in [-0.25, -0.2) is 0 Å². The summed E-state index contributed by atoms with van der Waals surface area (Å²) >= 11 is 0. The summed E-state index contributed by atoms with van der Waals surface area (Å²) in [5, 5.41) is 0. The van der Waals surface area contributed by atoms with Crippen LogP contribution < -0.4 is 0 Å². The Labute approximate surface area is 455 Å². The molecule has 0 heterocycles. The van der Waals surface area contributed by atoms with Crippen LogP contribution in [0.15, 0.2) is 134 Å². The lowest BCUT2D eigenvalue weighted by Gasteiger charge is -2.18. The number of esters is 3. The average molecular weight is 1020 g/mol. The smallest absolute Gasteiger partial charge is 0.306 e. The summed E-state index contributed by atoms with van der Waals surface area (Å²) in [6.45, 7) is 6.40. The number of rotatable bonds is 53. The van der Waals surface area contributed by atoms with Crippen molar-refractivity contribution in [2.45, 2.75) is 264 Å². The predicted octanol–water partition coefficient (Wildman–Crippen LogP) is 20.6. The largest absolute Gasteiger partial charge is 0.462 e. The third kappa shape index (κ3) is 58.4. The summed E-state index contributed by atoms with van der Waals surface area (Å²) in [7, 11) is 0. The van der Waals surface area contributed by atoms with Crippen LogP contribution in [0.5, 0.6) is 0 Å². The molecular weight excluding hydrogens is 913 g/mol. The van der Waals surface area contributed by atoms with Crippen LogP contribution in [0.3, 0.4) is 0 Å². The lowest BCUT2D eigenvalue weighted by molar-refractivity contribution is -0.167. The Morgan fingerprint density at radius 1 is 0.284 bits per heavy atom. The van der Waals surface area contributed by atoms with E-state index in [1.807, 2.05) is 0 Å². The highest BCUT2D eigenvalue weighted by Crippen LogP contribution is 2.14. The van der Waals surface area contributed by atoms with Gasteiger partial charge in [-0.15, -0.1) is 0 Å². The minimum absolute atomic E-state index is 0.106. The molecule has 0 aliphatic carbocycles. The maximum atomic E-state index is 12.9. The fourth-order valence-corrected chi connectivity index (χ4v) is 7.84. The van der Waals surface area contributed by atoms with Crippen LogP contribution in [0.25, 0.3) is 0 Å². The van der Waals surface area contributed by atoms with Crippen LogP contribution in [-0.2, 0) is 28.6 Å². The number of allylic oxidation sites excluding steroid dienone is 22. The van der Waals surface area contributed by atoms with E-state index in [1.165, 1.54) is 64.2 Å². The van der Waals surface area contributed by atoms with E-state index in [-0.39, 0.29) is 31.1 Å². The normalized spacial score (nSPS) is 13.1. The minimum atomic E-state index is -0.811. The van der Waals surface area contributed by atoms with E-state index in [0.29, 0.717) is 25.7 Å². The fourth-order valence-electron chi connectivity index (χ4n) is 7.84. The molecule has 1 atom stereocenters. The van der Waals surface area contributed by atoms with Crippen LogP contribution in [0.1, 0.15) is 258 Å². The molecule has 6 heteroatoms. The van der Waals surface area contributed by atoms with Gasteiger partial charge in [0.05, 0.1) is 0 Å². The zero-order chi connectivity index (χ0) is 53.6. The summed E-state index contributed by atoms with van der Waals surface area (Å²) in [5.74, 6) is -0.975. The van der Waals surface area contributed by atoms with Crippen molar-refractivity contribution in [1.29, 1.82) is 0 Å². The van der Waals surface area contributed by atoms with Gasteiger partial charge in [0, 0.05) is 19.3 Å². The van der Waals surface area contributed by atoms with E-state index in [2.05, 4.69) is 154 Å². The SMILES string of the molecule is CC/C=C\C/C=C\C/C=C\C/C=C\C/C=C\C/C=C\C/C=C\C/C=C\CCCCC(=O)OCC(COC(=O)CCCCCCC/C=C\C/C=C\CCC)OC(=O)CCCCCCC/C=C\CCCCCCCCC. The van der Waals surface area contributed by atoms with Crippen molar-refractivity contribution in [3.8, 4) is 0 Å². The number of carbonyl (C=O) groups excluding carboxylic acids is 3. The van der Waals surface area contributed by atoms with E-state index in [4.69, 9.17) is 14.2 Å². The second-order valence-corrected chi connectivity index (χ2v) is 19.5. The fraction of sp³-hybridized carbons (Fsp3) is 0.632. The van der Waals surface area contributed by atoms with Gasteiger partial charge in [-0.2, -0.15) is 0 Å². The van der Waals surface area contributed by atoms with Gasteiger partial charge in [0.25, 0.3) is 0 Å². The number of unbranched alkanes of at least 4 members (excludes halogenated alkanes) is 20. The molecule has 418 valence electrons. The zero-order valence-corrected chi connectivity index (χ0v) is 47.8. The van der Waals surface area contributed by atoms with Gasteiger partial charge < -0.3 is 14.2 Å². The molecule has 0 aliphatic heterocycles. The van der Waals surface area contributed by atoms with Gasteiger partial charge in [0.1, 0.15) is 13.2 Å². The Morgan fingerprint density at radius 3 is 0.919 bits per heavy atom. The van der Waals surface area contributed by atoms with Crippen LogP contribution in [-0.4, -0.2) is 37.2 Å². The average Bonchev–Trinajstić information content (AvgIpc) is 3.40. The summed E-state index contributed by atoms with van der Waals surface area (Å²) in [5.41, 5.74) is 0. The summed E-state index contributed by atoms with van der Waals surface area (Å²) in [6, 6.07) is 0. The molecule has 74 heavy (non-hydrogen) atoms. The molecular formula is C68H110O6. The summed E-state index contributed by atoms with van der Waals surface area (Å²) in [4.78, 5) is 38.2. The first kappa shape index (κ1) is 69.5. The second-order valence-electron chi connectivity index (χ2n) is 19.5. The summed E-state index contributed by atoms with van der Waals surface area (Å²) < 4.78 is 16.8. The van der Waals surface area contributed by atoms with Crippen LogP contribution in [0.2, 0.25) is 0 Å². The molecule has 0 bridgehead atoms. The van der Waals surface area contributed by atoms with E-state index < -0.39 is 6.10 Å². The van der Waals surface area contributed by atoms with Crippen molar-refractivity contribution in [3.05, 3.63) is 134 Å². The topological polar surface area (TPSA) is 78.9 Å². The monoisotopic (exact) mass is 1020 g/mol. The van der Waals surface area contributed by atoms with E-state index in [9.17, 15) is 14.4 Å². The molecule has 0 saturated carbocycles. The van der Waals surface area contributed by atoms with Crippen LogP contribution >= 0.6 is 0 Å². The third-order valence-electron chi connectivity index (χ3n) is 12.3. The molecule has 6 nitrogen and oxygen atoms in total. The van der Waals surface area contributed by atoms with Crippen LogP contribution in [0.4, 0.5) is 0 Å². The Bertz CT molecular complexity index is 1600. The maximum absolute atomic E-state index is 12.9. The molecule has 0 aliphatic rings. The van der Waals surface area contributed by atoms with Gasteiger partial charge in [-0.1, -0.05) is 238 Å². The molecule has 0 spiro atoms. The lowest BCUT2D eigenvalue weighted by atomic mass is 10.1. The molecule has 0 aromatic carbocycles.